The van der Waals surface area contributed by atoms with Gasteiger partial charge in [-0.2, -0.15) is 9.97 Å². The van der Waals surface area contributed by atoms with Gasteiger partial charge in [0.15, 0.2) is 0 Å². The van der Waals surface area contributed by atoms with Crippen molar-refractivity contribution in [1.29, 1.82) is 0 Å². The molecular weight excluding hydrogens is 538 g/mol. The highest BCUT2D eigenvalue weighted by Crippen LogP contribution is 2.61. The van der Waals surface area contributed by atoms with Crippen LogP contribution < -0.4 is 15.1 Å². The summed E-state index contributed by atoms with van der Waals surface area (Å²) in [6.07, 6.45) is 3.82. The third-order valence-electron chi connectivity index (χ3n) is 9.66. The topological polar surface area (TPSA) is 115 Å². The van der Waals surface area contributed by atoms with E-state index in [2.05, 4.69) is 47.1 Å². The SMILES string of the molecule is CN(CC1CC[C@@H]2C[C@H]1C2(C)C)c1nc(Nc2ccc3ncsc3c2)cc(N2CCN(C(=O)CCC(=O)O)CC2)n1. The quantitative estimate of drug-likeness (QED) is 0.368. The molecule has 1 unspecified atom stereocenters. The summed E-state index contributed by atoms with van der Waals surface area (Å²) < 4.78 is 1.11. The normalized spacial score (nSPS) is 23.2. The number of hydrogen-bond donors (Lipinski definition) is 2. The zero-order chi connectivity index (χ0) is 28.7. The third kappa shape index (κ3) is 5.68. The monoisotopic (exact) mass is 577 g/mol. The number of carboxylic acid groups (broad SMARTS) is 1. The smallest absolute Gasteiger partial charge is 0.303 e. The average molecular weight is 578 g/mol. The number of aromatic nitrogens is 3. The first kappa shape index (κ1) is 27.7. The molecule has 4 aliphatic rings. The van der Waals surface area contributed by atoms with Crippen molar-refractivity contribution in [2.24, 2.45) is 23.2 Å². The van der Waals surface area contributed by atoms with Crippen molar-refractivity contribution in [1.82, 2.24) is 19.9 Å². The van der Waals surface area contributed by atoms with Crippen molar-refractivity contribution >= 4 is 56.7 Å². The molecule has 0 radical (unpaired) electrons. The molecule has 11 heteroatoms. The van der Waals surface area contributed by atoms with E-state index in [0.717, 1.165) is 45.9 Å². The summed E-state index contributed by atoms with van der Waals surface area (Å²) in [5.41, 5.74) is 4.21. The van der Waals surface area contributed by atoms with Crippen LogP contribution in [0.4, 0.5) is 23.3 Å². The number of thiazole rings is 1. The van der Waals surface area contributed by atoms with Crippen LogP contribution in [0.5, 0.6) is 0 Å². The van der Waals surface area contributed by atoms with Gasteiger partial charge in [-0.3, -0.25) is 9.59 Å². The molecule has 1 saturated heterocycles. The van der Waals surface area contributed by atoms with Crippen LogP contribution in [-0.4, -0.2) is 76.6 Å². The summed E-state index contributed by atoms with van der Waals surface area (Å²) in [7, 11) is 2.10. The van der Waals surface area contributed by atoms with Crippen LogP contribution >= 0.6 is 11.3 Å². The van der Waals surface area contributed by atoms with Crippen molar-refractivity contribution in [2.75, 3.05) is 54.9 Å². The fraction of sp³-hybridized carbons (Fsp3) is 0.567. The van der Waals surface area contributed by atoms with E-state index in [1.54, 1.807) is 16.2 Å². The Hall–Kier alpha value is -3.47. The minimum atomic E-state index is -0.946. The second-order valence-corrected chi connectivity index (χ2v) is 13.3. The molecule has 0 spiro atoms. The number of rotatable bonds is 9. The van der Waals surface area contributed by atoms with Gasteiger partial charge >= 0.3 is 5.97 Å². The highest BCUT2D eigenvalue weighted by atomic mass is 32.1. The molecule has 3 aromatic rings. The number of piperazine rings is 1. The fourth-order valence-corrected chi connectivity index (χ4v) is 7.79. The minimum Gasteiger partial charge on any atom is -0.481 e. The Morgan fingerprint density at radius 3 is 2.66 bits per heavy atom. The van der Waals surface area contributed by atoms with Gasteiger partial charge in [0, 0.05) is 57.9 Å². The van der Waals surface area contributed by atoms with Gasteiger partial charge in [0.05, 0.1) is 22.1 Å². The Morgan fingerprint density at radius 2 is 1.93 bits per heavy atom. The second kappa shape index (κ2) is 11.1. The average Bonchev–Trinajstić information content (AvgIpc) is 3.44. The van der Waals surface area contributed by atoms with Crippen LogP contribution in [0.15, 0.2) is 29.8 Å². The molecule has 4 fully saturated rings. The van der Waals surface area contributed by atoms with Gasteiger partial charge in [-0.25, -0.2) is 4.98 Å². The van der Waals surface area contributed by atoms with Crippen molar-refractivity contribution in [3.05, 3.63) is 29.8 Å². The lowest BCUT2D eigenvalue weighted by atomic mass is 9.45. The molecule has 10 nitrogen and oxygen atoms in total. The van der Waals surface area contributed by atoms with Crippen LogP contribution in [0.2, 0.25) is 0 Å². The van der Waals surface area contributed by atoms with Gasteiger partial charge in [0.25, 0.3) is 0 Å². The molecule has 3 aliphatic carbocycles. The Morgan fingerprint density at radius 1 is 1.12 bits per heavy atom. The molecule has 3 heterocycles. The van der Waals surface area contributed by atoms with Crippen molar-refractivity contribution < 1.29 is 14.7 Å². The number of amides is 1. The molecular formula is C30H39N7O3S. The molecule has 2 bridgehead atoms. The summed E-state index contributed by atoms with van der Waals surface area (Å²) in [6, 6.07) is 8.11. The van der Waals surface area contributed by atoms with E-state index in [4.69, 9.17) is 15.1 Å². The first-order chi connectivity index (χ1) is 19.7. The molecule has 2 N–H and O–H groups in total. The number of benzene rings is 1. The first-order valence-electron chi connectivity index (χ1n) is 14.6. The lowest BCUT2D eigenvalue weighted by Gasteiger charge is -2.60. The van der Waals surface area contributed by atoms with Crippen molar-refractivity contribution in [3.8, 4) is 0 Å². The summed E-state index contributed by atoms with van der Waals surface area (Å²) in [5, 5.41) is 12.4. The van der Waals surface area contributed by atoms with Crippen LogP contribution in [0.3, 0.4) is 0 Å². The lowest BCUT2D eigenvalue weighted by Crippen LogP contribution is -2.54. The Labute approximate surface area is 244 Å². The van der Waals surface area contributed by atoms with Gasteiger partial charge in [-0.15, -0.1) is 11.3 Å². The Kier molecular flexibility index (Phi) is 7.48. The number of carbonyl (C=O) groups is 2. The molecule has 1 amide bonds. The minimum absolute atomic E-state index is 0.0374. The number of nitrogens with zero attached hydrogens (tertiary/aromatic N) is 6. The first-order valence-corrected chi connectivity index (χ1v) is 15.5. The van der Waals surface area contributed by atoms with E-state index in [1.807, 2.05) is 23.7 Å². The zero-order valence-electron chi connectivity index (χ0n) is 24.0. The molecule has 1 aromatic carbocycles. The van der Waals surface area contributed by atoms with Crippen LogP contribution in [0.1, 0.15) is 46.0 Å². The number of anilines is 4. The van der Waals surface area contributed by atoms with E-state index in [-0.39, 0.29) is 18.7 Å². The van der Waals surface area contributed by atoms with Gasteiger partial charge in [-0.1, -0.05) is 13.8 Å². The largest absolute Gasteiger partial charge is 0.481 e. The third-order valence-corrected chi connectivity index (χ3v) is 10.5. The second-order valence-electron chi connectivity index (χ2n) is 12.4. The highest BCUT2D eigenvalue weighted by molar-refractivity contribution is 7.16. The summed E-state index contributed by atoms with van der Waals surface area (Å²) in [6.45, 7) is 8.14. The number of carboxylic acids is 1. The molecule has 218 valence electrons. The maximum absolute atomic E-state index is 12.5. The molecule has 1 aliphatic heterocycles. The van der Waals surface area contributed by atoms with Crippen molar-refractivity contribution in [3.63, 3.8) is 0 Å². The lowest BCUT2D eigenvalue weighted by molar-refractivity contribution is -0.141. The van der Waals surface area contributed by atoms with Gasteiger partial charge in [0.1, 0.15) is 11.6 Å². The predicted molar refractivity (Wildman–Crippen MR) is 162 cm³/mol. The summed E-state index contributed by atoms with van der Waals surface area (Å²) in [4.78, 5) is 43.9. The summed E-state index contributed by atoms with van der Waals surface area (Å²) in [5.74, 6) is 3.46. The number of nitrogens with one attached hydrogen (secondary N) is 1. The van der Waals surface area contributed by atoms with Crippen LogP contribution in [0.25, 0.3) is 10.2 Å². The molecule has 2 aromatic heterocycles. The number of fused-ring (bicyclic) bond motifs is 3. The number of hydrogen-bond acceptors (Lipinski definition) is 9. The van der Waals surface area contributed by atoms with Gasteiger partial charge in [0.2, 0.25) is 11.9 Å². The van der Waals surface area contributed by atoms with Crippen LogP contribution in [0, 0.1) is 23.2 Å². The Bertz CT molecular complexity index is 1430. The standard InChI is InChI=1S/C30H39N7O3S/c1-30(2)20-5-4-19(22(30)14-20)17-35(3)29-33-25(32-21-6-7-23-24(15-21)41-18-31-23)16-26(34-29)36-10-12-37(13-11-36)27(38)8-9-28(39)40/h6-7,15-16,18-20,22H,4-5,8-14,17H2,1-3H3,(H,39,40)(H,32,33,34)/t19?,20-,22-/m1/s1. The van der Waals surface area contributed by atoms with E-state index < -0.39 is 5.97 Å². The van der Waals surface area contributed by atoms with Crippen LogP contribution in [-0.2, 0) is 9.59 Å². The zero-order valence-corrected chi connectivity index (χ0v) is 24.9. The highest BCUT2D eigenvalue weighted by Gasteiger charge is 2.54. The van der Waals surface area contributed by atoms with Crippen molar-refractivity contribution in [2.45, 2.75) is 46.0 Å². The predicted octanol–water partition coefficient (Wildman–Crippen LogP) is 4.85. The number of aliphatic carboxylic acids is 1. The van der Waals surface area contributed by atoms with E-state index in [1.165, 1.54) is 19.3 Å². The molecule has 7 rings (SSSR count). The van der Waals surface area contributed by atoms with E-state index in [9.17, 15) is 9.59 Å². The van der Waals surface area contributed by atoms with E-state index in [0.29, 0.717) is 43.5 Å². The molecule has 41 heavy (non-hydrogen) atoms. The van der Waals surface area contributed by atoms with Gasteiger partial charge in [-0.05, 0) is 60.6 Å². The molecule has 3 saturated carbocycles. The maximum atomic E-state index is 12.5. The Balaban J connectivity index is 1.21. The fourth-order valence-electron chi connectivity index (χ4n) is 7.07. The molecule has 3 atom stereocenters. The number of carbonyl (C=O) groups excluding carboxylic acids is 1. The summed E-state index contributed by atoms with van der Waals surface area (Å²) >= 11 is 1.61. The maximum Gasteiger partial charge on any atom is 0.303 e. The van der Waals surface area contributed by atoms with Gasteiger partial charge < -0.3 is 25.1 Å². The van der Waals surface area contributed by atoms with E-state index >= 15 is 0 Å².